The van der Waals surface area contributed by atoms with E-state index in [2.05, 4.69) is 43.5 Å². The molecule has 0 radical (unpaired) electrons. The van der Waals surface area contributed by atoms with Crippen molar-refractivity contribution >= 4 is 0 Å². The highest BCUT2D eigenvalue weighted by Gasteiger charge is 1.98. The molecule has 0 saturated heterocycles. The standard InChI is InChI=1S/C11H18N2/c1-9-3-6-11(7-4-9)8-5-10(2)13-12/h3-4,6-7,10,13H,5,8,12H2,1-2H3. The molecular formula is C11H18N2. The van der Waals surface area contributed by atoms with Gasteiger partial charge >= 0.3 is 0 Å². The zero-order valence-electron chi connectivity index (χ0n) is 8.38. The number of rotatable bonds is 4. The molecule has 0 saturated carbocycles. The summed E-state index contributed by atoms with van der Waals surface area (Å²) in [5.74, 6) is 5.31. The lowest BCUT2D eigenvalue weighted by molar-refractivity contribution is 0.532. The van der Waals surface area contributed by atoms with E-state index in [1.165, 1.54) is 11.1 Å². The number of hydrogen-bond donors (Lipinski definition) is 2. The fourth-order valence-corrected chi connectivity index (χ4v) is 1.22. The minimum Gasteiger partial charge on any atom is -0.271 e. The summed E-state index contributed by atoms with van der Waals surface area (Å²) in [7, 11) is 0. The van der Waals surface area contributed by atoms with Crippen LogP contribution in [-0.2, 0) is 6.42 Å². The van der Waals surface area contributed by atoms with Crippen molar-refractivity contribution < 1.29 is 0 Å². The van der Waals surface area contributed by atoms with E-state index >= 15 is 0 Å². The summed E-state index contributed by atoms with van der Waals surface area (Å²) in [6.45, 7) is 4.20. The van der Waals surface area contributed by atoms with Crippen molar-refractivity contribution in [3.05, 3.63) is 35.4 Å². The van der Waals surface area contributed by atoms with Gasteiger partial charge in [0.25, 0.3) is 0 Å². The summed E-state index contributed by atoms with van der Waals surface area (Å²) in [5.41, 5.74) is 5.44. The molecule has 1 aromatic rings. The molecule has 0 aliphatic carbocycles. The van der Waals surface area contributed by atoms with Gasteiger partial charge in [0.05, 0.1) is 0 Å². The van der Waals surface area contributed by atoms with Gasteiger partial charge in [-0.25, -0.2) is 0 Å². The number of nitrogens with one attached hydrogen (secondary N) is 1. The molecule has 0 aliphatic rings. The summed E-state index contributed by atoms with van der Waals surface area (Å²) in [5, 5.41) is 0. The van der Waals surface area contributed by atoms with E-state index in [0.717, 1.165) is 12.8 Å². The molecule has 1 atom stereocenters. The van der Waals surface area contributed by atoms with E-state index in [9.17, 15) is 0 Å². The predicted octanol–water partition coefficient (Wildman–Crippen LogP) is 1.78. The third kappa shape index (κ3) is 3.57. The Balaban J connectivity index is 2.41. The van der Waals surface area contributed by atoms with Crippen molar-refractivity contribution in [3.8, 4) is 0 Å². The summed E-state index contributed by atoms with van der Waals surface area (Å²) in [6.07, 6.45) is 2.17. The molecule has 0 fully saturated rings. The number of hydrazine groups is 1. The van der Waals surface area contributed by atoms with Crippen molar-refractivity contribution in [1.29, 1.82) is 0 Å². The molecule has 0 spiro atoms. The maximum Gasteiger partial charge on any atom is 0.0185 e. The third-order valence-electron chi connectivity index (χ3n) is 2.27. The first-order valence-electron chi connectivity index (χ1n) is 4.74. The Bertz CT molecular complexity index is 241. The molecular weight excluding hydrogens is 160 g/mol. The fraction of sp³-hybridized carbons (Fsp3) is 0.455. The maximum atomic E-state index is 5.31. The lowest BCUT2D eigenvalue weighted by Crippen LogP contribution is -2.32. The molecule has 1 aromatic carbocycles. The molecule has 0 heterocycles. The molecule has 2 heteroatoms. The third-order valence-corrected chi connectivity index (χ3v) is 2.27. The molecule has 13 heavy (non-hydrogen) atoms. The van der Waals surface area contributed by atoms with Gasteiger partial charge in [-0.15, -0.1) is 0 Å². The van der Waals surface area contributed by atoms with Crippen LogP contribution in [0.25, 0.3) is 0 Å². The SMILES string of the molecule is Cc1ccc(CCC(C)NN)cc1. The quantitative estimate of drug-likeness (QED) is 0.545. The first-order valence-corrected chi connectivity index (χ1v) is 4.74. The minimum absolute atomic E-state index is 0.390. The van der Waals surface area contributed by atoms with Crippen molar-refractivity contribution in [2.75, 3.05) is 0 Å². The Morgan fingerprint density at radius 1 is 1.31 bits per heavy atom. The summed E-state index contributed by atoms with van der Waals surface area (Å²) < 4.78 is 0. The average Bonchev–Trinajstić information content (AvgIpc) is 2.16. The maximum absolute atomic E-state index is 5.31. The average molecular weight is 178 g/mol. The highest BCUT2D eigenvalue weighted by atomic mass is 15.2. The second kappa shape index (κ2) is 5.00. The van der Waals surface area contributed by atoms with Crippen LogP contribution in [0.15, 0.2) is 24.3 Å². The minimum atomic E-state index is 0.390. The Morgan fingerprint density at radius 3 is 2.46 bits per heavy atom. The summed E-state index contributed by atoms with van der Waals surface area (Å²) in [4.78, 5) is 0. The Hall–Kier alpha value is -0.860. The topological polar surface area (TPSA) is 38.0 Å². The summed E-state index contributed by atoms with van der Waals surface area (Å²) in [6, 6.07) is 9.05. The Kier molecular flexibility index (Phi) is 3.93. The van der Waals surface area contributed by atoms with Gasteiger partial charge in [0.15, 0.2) is 0 Å². The highest BCUT2D eigenvalue weighted by molar-refractivity contribution is 5.21. The highest BCUT2D eigenvalue weighted by Crippen LogP contribution is 2.06. The van der Waals surface area contributed by atoms with Crippen molar-refractivity contribution in [2.24, 2.45) is 5.84 Å². The van der Waals surface area contributed by atoms with Gasteiger partial charge in [-0.2, -0.15) is 0 Å². The zero-order valence-corrected chi connectivity index (χ0v) is 8.38. The summed E-state index contributed by atoms with van der Waals surface area (Å²) >= 11 is 0. The first kappa shape index (κ1) is 10.2. The van der Waals surface area contributed by atoms with E-state index in [1.807, 2.05) is 0 Å². The first-order chi connectivity index (χ1) is 6.22. The van der Waals surface area contributed by atoms with Crippen LogP contribution in [0.2, 0.25) is 0 Å². The van der Waals surface area contributed by atoms with Crippen LogP contribution < -0.4 is 11.3 Å². The molecule has 0 aromatic heterocycles. The fourth-order valence-electron chi connectivity index (χ4n) is 1.22. The second-order valence-electron chi connectivity index (χ2n) is 3.59. The Morgan fingerprint density at radius 2 is 1.92 bits per heavy atom. The van der Waals surface area contributed by atoms with Gasteiger partial charge in [-0.1, -0.05) is 29.8 Å². The van der Waals surface area contributed by atoms with Crippen molar-refractivity contribution in [2.45, 2.75) is 32.7 Å². The molecule has 3 N–H and O–H groups in total. The lowest BCUT2D eigenvalue weighted by Gasteiger charge is -2.09. The van der Waals surface area contributed by atoms with Gasteiger partial charge < -0.3 is 0 Å². The van der Waals surface area contributed by atoms with Gasteiger partial charge in [-0.3, -0.25) is 11.3 Å². The largest absolute Gasteiger partial charge is 0.271 e. The van der Waals surface area contributed by atoms with Crippen LogP contribution in [-0.4, -0.2) is 6.04 Å². The molecule has 72 valence electrons. The normalized spacial score (nSPS) is 12.8. The van der Waals surface area contributed by atoms with Gasteiger partial charge in [0.1, 0.15) is 0 Å². The lowest BCUT2D eigenvalue weighted by atomic mass is 10.1. The second-order valence-corrected chi connectivity index (χ2v) is 3.59. The van der Waals surface area contributed by atoms with E-state index in [4.69, 9.17) is 5.84 Å². The van der Waals surface area contributed by atoms with Crippen LogP contribution in [0.1, 0.15) is 24.5 Å². The molecule has 0 bridgehead atoms. The molecule has 0 aliphatic heterocycles. The predicted molar refractivity (Wildman–Crippen MR) is 56.3 cm³/mol. The van der Waals surface area contributed by atoms with Crippen LogP contribution in [0.5, 0.6) is 0 Å². The van der Waals surface area contributed by atoms with Gasteiger partial charge in [-0.05, 0) is 32.3 Å². The van der Waals surface area contributed by atoms with Crippen LogP contribution in [0, 0.1) is 6.92 Å². The molecule has 2 nitrogen and oxygen atoms in total. The van der Waals surface area contributed by atoms with Crippen molar-refractivity contribution in [1.82, 2.24) is 5.43 Å². The van der Waals surface area contributed by atoms with Gasteiger partial charge in [0.2, 0.25) is 0 Å². The zero-order chi connectivity index (χ0) is 9.68. The van der Waals surface area contributed by atoms with E-state index in [1.54, 1.807) is 0 Å². The van der Waals surface area contributed by atoms with Crippen LogP contribution >= 0.6 is 0 Å². The van der Waals surface area contributed by atoms with E-state index in [-0.39, 0.29) is 0 Å². The van der Waals surface area contributed by atoms with Crippen LogP contribution in [0.3, 0.4) is 0 Å². The van der Waals surface area contributed by atoms with Crippen molar-refractivity contribution in [3.63, 3.8) is 0 Å². The van der Waals surface area contributed by atoms with Gasteiger partial charge in [0, 0.05) is 6.04 Å². The smallest absolute Gasteiger partial charge is 0.0185 e. The monoisotopic (exact) mass is 178 g/mol. The van der Waals surface area contributed by atoms with E-state index in [0.29, 0.717) is 6.04 Å². The number of nitrogens with two attached hydrogens (primary N) is 1. The number of hydrogen-bond acceptors (Lipinski definition) is 2. The van der Waals surface area contributed by atoms with Crippen LogP contribution in [0.4, 0.5) is 0 Å². The van der Waals surface area contributed by atoms with E-state index < -0.39 is 0 Å². The number of benzene rings is 1. The molecule has 0 amide bonds. The molecule has 1 rings (SSSR count). The Labute approximate surface area is 80.1 Å². The number of aryl methyl sites for hydroxylation is 2. The molecule has 1 unspecified atom stereocenters.